The zero-order chi connectivity index (χ0) is 16.8. The summed E-state index contributed by atoms with van der Waals surface area (Å²) in [4.78, 5) is 0. The molecule has 0 atom stereocenters. The molecule has 0 spiro atoms. The number of hydrogen-bond acceptors (Lipinski definition) is 4. The first-order valence-corrected chi connectivity index (χ1v) is 8.21. The van der Waals surface area contributed by atoms with Crippen molar-refractivity contribution >= 4 is 47.0 Å². The van der Waals surface area contributed by atoms with Crippen molar-refractivity contribution in [3.05, 3.63) is 45.9 Å². The summed E-state index contributed by atoms with van der Waals surface area (Å²) in [5.41, 5.74) is 7.81. The van der Waals surface area contributed by atoms with Gasteiger partial charge in [-0.2, -0.15) is 0 Å². The molecule has 24 heavy (non-hydrogen) atoms. The predicted octanol–water partition coefficient (Wildman–Crippen LogP) is 5.15. The van der Waals surface area contributed by atoms with Crippen molar-refractivity contribution in [1.82, 2.24) is 0 Å². The summed E-state index contributed by atoms with van der Waals surface area (Å²) in [5.74, 6) is 0.539. The molecule has 0 saturated carbocycles. The fraction of sp³-hybridized carbons (Fsp3) is 0.294. The minimum atomic E-state index is 0. The first-order valence-electron chi connectivity index (χ1n) is 7.45. The van der Waals surface area contributed by atoms with Crippen LogP contribution in [0, 0.1) is 0 Å². The molecule has 0 unspecified atom stereocenters. The van der Waals surface area contributed by atoms with Crippen LogP contribution in [0.5, 0.6) is 11.5 Å². The first-order chi connectivity index (χ1) is 11.0. The van der Waals surface area contributed by atoms with E-state index in [1.165, 1.54) is 0 Å². The van der Waals surface area contributed by atoms with Gasteiger partial charge in [-0.25, -0.2) is 0 Å². The Balaban J connectivity index is 0.00000288. The highest BCUT2D eigenvalue weighted by atomic mass is 35.5. The number of rotatable bonds is 7. The molecule has 0 aliphatic rings. The maximum Gasteiger partial charge on any atom is 0.163 e. The molecule has 0 aliphatic heterocycles. The van der Waals surface area contributed by atoms with Crippen LogP contribution in [0.15, 0.2) is 30.3 Å². The highest BCUT2D eigenvalue weighted by molar-refractivity contribution is 6.39. The number of nitrogens with one attached hydrogen (secondary N) is 1. The van der Waals surface area contributed by atoms with E-state index in [2.05, 4.69) is 5.32 Å². The molecule has 0 radical (unpaired) electrons. The molecular formula is C17H21Cl3N2O2. The van der Waals surface area contributed by atoms with Crippen molar-refractivity contribution in [1.29, 1.82) is 0 Å². The largest absolute Gasteiger partial charge is 0.504 e. The number of para-hydroxylation sites is 1. The maximum atomic E-state index is 10.3. The standard InChI is InChI=1S/C17H20Cl2N2O2.ClH/c1-2-10-23-15-7-6-14(20)11(17(15)22)8-9-21-16-12(18)4-3-5-13(16)19;/h3-7,21-22H,2,8-10,20H2,1H3;1H. The normalized spacial score (nSPS) is 10.1. The molecule has 0 amide bonds. The SMILES string of the molecule is CCCOc1ccc(N)c(CCNc2c(Cl)cccc2Cl)c1O.Cl. The van der Waals surface area contributed by atoms with Crippen molar-refractivity contribution in [3.63, 3.8) is 0 Å². The molecule has 0 bridgehead atoms. The van der Waals surface area contributed by atoms with Gasteiger partial charge in [0.2, 0.25) is 0 Å². The van der Waals surface area contributed by atoms with Crippen molar-refractivity contribution in [2.75, 3.05) is 24.2 Å². The molecule has 4 N–H and O–H groups in total. The van der Waals surface area contributed by atoms with E-state index in [9.17, 15) is 5.11 Å². The summed E-state index contributed by atoms with van der Waals surface area (Å²) in [5, 5.41) is 14.6. The van der Waals surface area contributed by atoms with E-state index >= 15 is 0 Å². The molecule has 2 aromatic rings. The van der Waals surface area contributed by atoms with Gasteiger partial charge in [-0.15, -0.1) is 12.4 Å². The third-order valence-electron chi connectivity index (χ3n) is 3.38. The summed E-state index contributed by atoms with van der Waals surface area (Å²) in [6, 6.07) is 8.74. The van der Waals surface area contributed by atoms with E-state index in [1.807, 2.05) is 6.92 Å². The Bertz CT molecular complexity index is 661. The molecule has 2 rings (SSSR count). The second-order valence-corrected chi connectivity index (χ2v) is 5.92. The van der Waals surface area contributed by atoms with E-state index in [1.54, 1.807) is 30.3 Å². The number of benzene rings is 2. The minimum absolute atomic E-state index is 0. The molecule has 2 aromatic carbocycles. The van der Waals surface area contributed by atoms with Crippen molar-refractivity contribution < 1.29 is 9.84 Å². The smallest absolute Gasteiger partial charge is 0.163 e. The number of nitrogens with two attached hydrogens (primary N) is 1. The van der Waals surface area contributed by atoms with Crippen molar-refractivity contribution in [2.24, 2.45) is 0 Å². The van der Waals surface area contributed by atoms with Crippen LogP contribution in [0.4, 0.5) is 11.4 Å². The van der Waals surface area contributed by atoms with Crippen LogP contribution in [0.25, 0.3) is 0 Å². The third-order valence-corrected chi connectivity index (χ3v) is 4.01. The second kappa shape index (κ2) is 9.72. The molecule has 0 fully saturated rings. The first kappa shape index (κ1) is 20.6. The molecule has 0 saturated heterocycles. The maximum absolute atomic E-state index is 10.3. The Morgan fingerprint density at radius 3 is 2.46 bits per heavy atom. The number of halogens is 3. The van der Waals surface area contributed by atoms with Gasteiger partial charge in [0, 0.05) is 17.8 Å². The van der Waals surface area contributed by atoms with Crippen LogP contribution in [0.1, 0.15) is 18.9 Å². The predicted molar refractivity (Wildman–Crippen MR) is 104 cm³/mol. The third kappa shape index (κ3) is 5.00. The van der Waals surface area contributed by atoms with Crippen molar-refractivity contribution in [2.45, 2.75) is 19.8 Å². The lowest BCUT2D eigenvalue weighted by atomic mass is 10.1. The molecule has 0 aromatic heterocycles. The van der Waals surface area contributed by atoms with Gasteiger partial charge in [-0.3, -0.25) is 0 Å². The van der Waals surface area contributed by atoms with E-state index < -0.39 is 0 Å². The quantitative estimate of drug-likeness (QED) is 0.571. The molecular weight excluding hydrogens is 371 g/mol. The van der Waals surface area contributed by atoms with E-state index in [0.29, 0.717) is 52.3 Å². The summed E-state index contributed by atoms with van der Waals surface area (Å²) < 4.78 is 5.52. The molecule has 0 heterocycles. The Kier molecular flexibility index (Phi) is 8.32. The van der Waals surface area contributed by atoms with Crippen LogP contribution in [-0.2, 0) is 6.42 Å². The van der Waals surface area contributed by atoms with Gasteiger partial charge in [0.25, 0.3) is 0 Å². The number of ether oxygens (including phenoxy) is 1. The highest BCUT2D eigenvalue weighted by Crippen LogP contribution is 2.35. The van der Waals surface area contributed by atoms with E-state index in [-0.39, 0.29) is 18.2 Å². The van der Waals surface area contributed by atoms with Crippen LogP contribution in [0.3, 0.4) is 0 Å². The number of aromatic hydroxyl groups is 1. The monoisotopic (exact) mass is 390 g/mol. The lowest BCUT2D eigenvalue weighted by Crippen LogP contribution is -2.08. The summed E-state index contributed by atoms with van der Waals surface area (Å²) in [6.07, 6.45) is 1.38. The summed E-state index contributed by atoms with van der Waals surface area (Å²) in [7, 11) is 0. The van der Waals surface area contributed by atoms with Crippen molar-refractivity contribution in [3.8, 4) is 11.5 Å². The fourth-order valence-electron chi connectivity index (χ4n) is 2.20. The topological polar surface area (TPSA) is 67.5 Å². The lowest BCUT2D eigenvalue weighted by molar-refractivity contribution is 0.298. The zero-order valence-corrected chi connectivity index (χ0v) is 15.6. The summed E-state index contributed by atoms with van der Waals surface area (Å²) in [6.45, 7) is 3.08. The molecule has 132 valence electrons. The Hall–Kier alpha value is -1.49. The molecule has 4 nitrogen and oxygen atoms in total. The Morgan fingerprint density at radius 2 is 1.83 bits per heavy atom. The van der Waals surface area contributed by atoms with Crippen LogP contribution >= 0.6 is 35.6 Å². The molecule has 7 heteroatoms. The van der Waals surface area contributed by atoms with Gasteiger partial charge >= 0.3 is 0 Å². The van der Waals surface area contributed by atoms with Crippen LogP contribution in [0.2, 0.25) is 10.0 Å². The van der Waals surface area contributed by atoms with Gasteiger partial charge in [-0.05, 0) is 37.1 Å². The number of nitrogen functional groups attached to an aromatic ring is 1. The van der Waals surface area contributed by atoms with E-state index in [4.69, 9.17) is 33.7 Å². The average molecular weight is 392 g/mol. The second-order valence-electron chi connectivity index (χ2n) is 5.10. The highest BCUT2D eigenvalue weighted by Gasteiger charge is 2.12. The molecule has 0 aliphatic carbocycles. The van der Waals surface area contributed by atoms with Gasteiger partial charge < -0.3 is 20.9 Å². The Morgan fingerprint density at radius 1 is 1.17 bits per heavy atom. The van der Waals surface area contributed by atoms with Gasteiger partial charge in [0.15, 0.2) is 11.5 Å². The Labute approximate surface area is 158 Å². The van der Waals surface area contributed by atoms with Gasteiger partial charge in [-0.1, -0.05) is 36.2 Å². The van der Waals surface area contributed by atoms with Gasteiger partial charge in [0.1, 0.15) is 0 Å². The minimum Gasteiger partial charge on any atom is -0.504 e. The summed E-state index contributed by atoms with van der Waals surface area (Å²) >= 11 is 12.2. The van der Waals surface area contributed by atoms with Crippen LogP contribution in [-0.4, -0.2) is 18.3 Å². The zero-order valence-electron chi connectivity index (χ0n) is 13.3. The van der Waals surface area contributed by atoms with Gasteiger partial charge in [0.05, 0.1) is 22.3 Å². The number of anilines is 2. The fourth-order valence-corrected chi connectivity index (χ4v) is 2.73. The number of phenolic OH excluding ortho intramolecular Hbond substituents is 1. The average Bonchev–Trinajstić information content (AvgIpc) is 2.52. The van der Waals surface area contributed by atoms with E-state index in [0.717, 1.165) is 6.42 Å². The number of phenols is 1. The number of hydrogen-bond donors (Lipinski definition) is 3. The van der Waals surface area contributed by atoms with Crippen LogP contribution < -0.4 is 15.8 Å². The lowest BCUT2D eigenvalue weighted by Gasteiger charge is -2.15.